The third-order valence-corrected chi connectivity index (χ3v) is 3.48. The maximum absolute atomic E-state index is 9.26. The van der Waals surface area contributed by atoms with E-state index in [9.17, 15) is 5.26 Å². The molecule has 108 valence electrons. The fraction of sp³-hybridized carbons (Fsp3) is 0.267. The van der Waals surface area contributed by atoms with E-state index in [1.807, 2.05) is 44.4 Å². The van der Waals surface area contributed by atoms with Crippen LogP contribution in [-0.4, -0.2) is 29.0 Å². The number of nitrogens with zero attached hydrogens (tertiary/aromatic N) is 4. The summed E-state index contributed by atoms with van der Waals surface area (Å²) < 4.78 is 0. The maximum atomic E-state index is 9.26. The summed E-state index contributed by atoms with van der Waals surface area (Å²) >= 11 is 0. The predicted octanol–water partition coefficient (Wildman–Crippen LogP) is 1.80. The van der Waals surface area contributed by atoms with Crippen LogP contribution in [-0.2, 0) is 0 Å². The van der Waals surface area contributed by atoms with E-state index in [4.69, 9.17) is 11.5 Å². The molecule has 0 saturated heterocycles. The lowest BCUT2D eigenvalue weighted by Crippen LogP contribution is -2.16. The highest BCUT2D eigenvalue weighted by atomic mass is 15.1. The molecule has 6 heteroatoms. The van der Waals surface area contributed by atoms with E-state index in [1.165, 1.54) is 0 Å². The smallest absolute Gasteiger partial charge is 0.222 e. The molecule has 0 aliphatic rings. The van der Waals surface area contributed by atoms with E-state index in [2.05, 4.69) is 21.8 Å². The van der Waals surface area contributed by atoms with Gasteiger partial charge in [0.25, 0.3) is 0 Å². The third-order valence-electron chi connectivity index (χ3n) is 3.48. The molecule has 2 aromatic rings. The zero-order valence-electron chi connectivity index (χ0n) is 12.3. The first-order chi connectivity index (χ1) is 9.93. The lowest BCUT2D eigenvalue weighted by molar-refractivity contribution is 0.321. The van der Waals surface area contributed by atoms with E-state index in [0.29, 0.717) is 5.69 Å². The van der Waals surface area contributed by atoms with Gasteiger partial charge in [0.15, 0.2) is 0 Å². The Kier molecular flexibility index (Phi) is 4.05. The number of benzene rings is 1. The summed E-state index contributed by atoms with van der Waals surface area (Å²) in [5.41, 5.74) is 14.0. The van der Waals surface area contributed by atoms with Crippen molar-refractivity contribution in [2.24, 2.45) is 0 Å². The van der Waals surface area contributed by atoms with Gasteiger partial charge in [-0.25, -0.2) is 4.98 Å². The number of nitriles is 1. The molecule has 0 bridgehead atoms. The van der Waals surface area contributed by atoms with Gasteiger partial charge in [-0.1, -0.05) is 18.2 Å². The van der Waals surface area contributed by atoms with E-state index in [-0.39, 0.29) is 23.4 Å². The van der Waals surface area contributed by atoms with E-state index < -0.39 is 0 Å². The van der Waals surface area contributed by atoms with Crippen LogP contribution in [0.4, 0.5) is 11.8 Å². The topological polar surface area (TPSA) is 105 Å². The monoisotopic (exact) mass is 282 g/mol. The van der Waals surface area contributed by atoms with E-state index >= 15 is 0 Å². The molecule has 0 aliphatic heterocycles. The standard InChI is InChI=1S/C15H18N6/c1-9(21(2)3)10-5-4-6-11(7-10)13-12(8-16)14(17)20-15(18)19-13/h4-7,9H,1-3H3,(H4,17,18,19,20). The van der Waals surface area contributed by atoms with Gasteiger partial charge in [0.05, 0.1) is 5.69 Å². The molecule has 1 aromatic heterocycles. The van der Waals surface area contributed by atoms with Crippen molar-refractivity contribution in [3.05, 3.63) is 35.4 Å². The predicted molar refractivity (Wildman–Crippen MR) is 83.1 cm³/mol. The van der Waals surface area contributed by atoms with Gasteiger partial charge in [0.1, 0.15) is 17.5 Å². The van der Waals surface area contributed by atoms with Crippen molar-refractivity contribution >= 4 is 11.8 Å². The Morgan fingerprint density at radius 1 is 1.24 bits per heavy atom. The Bertz CT molecular complexity index is 702. The van der Waals surface area contributed by atoms with Crippen molar-refractivity contribution in [2.75, 3.05) is 25.6 Å². The molecule has 0 aliphatic carbocycles. The fourth-order valence-electron chi connectivity index (χ4n) is 2.06. The van der Waals surface area contributed by atoms with Gasteiger partial charge in [0.2, 0.25) is 5.95 Å². The summed E-state index contributed by atoms with van der Waals surface area (Å²) in [7, 11) is 4.03. The van der Waals surface area contributed by atoms with Crippen LogP contribution in [0.2, 0.25) is 0 Å². The molecule has 0 amide bonds. The van der Waals surface area contributed by atoms with Gasteiger partial charge in [-0.2, -0.15) is 10.2 Å². The van der Waals surface area contributed by atoms with Crippen LogP contribution in [0.25, 0.3) is 11.3 Å². The third kappa shape index (κ3) is 2.93. The van der Waals surface area contributed by atoms with Crippen LogP contribution >= 0.6 is 0 Å². The molecule has 6 nitrogen and oxygen atoms in total. The molecular formula is C15H18N6. The molecule has 2 rings (SSSR count). The van der Waals surface area contributed by atoms with Gasteiger partial charge in [-0.3, -0.25) is 0 Å². The zero-order valence-corrected chi connectivity index (χ0v) is 12.3. The lowest BCUT2D eigenvalue weighted by atomic mass is 10.0. The summed E-state index contributed by atoms with van der Waals surface area (Å²) in [6.07, 6.45) is 0. The second kappa shape index (κ2) is 5.77. The highest BCUT2D eigenvalue weighted by Gasteiger charge is 2.15. The SMILES string of the molecule is CC(c1cccc(-c2nc(N)nc(N)c2C#N)c1)N(C)C. The Hall–Kier alpha value is -2.65. The quantitative estimate of drug-likeness (QED) is 0.889. The Morgan fingerprint density at radius 2 is 1.95 bits per heavy atom. The van der Waals surface area contributed by atoms with Crippen LogP contribution in [0.1, 0.15) is 24.1 Å². The van der Waals surface area contributed by atoms with Crippen LogP contribution < -0.4 is 11.5 Å². The Morgan fingerprint density at radius 3 is 2.57 bits per heavy atom. The van der Waals surface area contributed by atoms with Gasteiger partial charge < -0.3 is 16.4 Å². The summed E-state index contributed by atoms with van der Waals surface area (Å²) in [6, 6.07) is 10.1. The van der Waals surface area contributed by atoms with Gasteiger partial charge in [-0.05, 0) is 32.6 Å². The molecular weight excluding hydrogens is 264 g/mol. The lowest BCUT2D eigenvalue weighted by Gasteiger charge is -2.20. The van der Waals surface area contributed by atoms with E-state index in [1.54, 1.807) is 0 Å². The van der Waals surface area contributed by atoms with Crippen LogP contribution in [0.5, 0.6) is 0 Å². The molecule has 0 spiro atoms. The van der Waals surface area contributed by atoms with Gasteiger partial charge in [0, 0.05) is 11.6 Å². The van der Waals surface area contributed by atoms with Crippen LogP contribution in [0, 0.1) is 11.3 Å². The first kappa shape index (κ1) is 14.8. The van der Waals surface area contributed by atoms with Crippen LogP contribution in [0.15, 0.2) is 24.3 Å². The van der Waals surface area contributed by atoms with Crippen molar-refractivity contribution < 1.29 is 0 Å². The van der Waals surface area contributed by atoms with Crippen LogP contribution in [0.3, 0.4) is 0 Å². The second-order valence-electron chi connectivity index (χ2n) is 5.07. The number of nitrogens with two attached hydrogens (primary N) is 2. The summed E-state index contributed by atoms with van der Waals surface area (Å²) in [5.74, 6) is 0.165. The molecule has 21 heavy (non-hydrogen) atoms. The van der Waals surface area contributed by atoms with E-state index in [0.717, 1.165) is 11.1 Å². The highest BCUT2D eigenvalue weighted by Crippen LogP contribution is 2.28. The Labute approximate surface area is 124 Å². The average Bonchev–Trinajstić information content (AvgIpc) is 2.45. The number of hydrogen-bond acceptors (Lipinski definition) is 6. The number of hydrogen-bond donors (Lipinski definition) is 2. The summed E-state index contributed by atoms with van der Waals surface area (Å²) in [4.78, 5) is 10.1. The summed E-state index contributed by atoms with van der Waals surface area (Å²) in [5, 5.41) is 9.26. The molecule has 0 radical (unpaired) electrons. The average molecular weight is 282 g/mol. The number of nitrogen functional groups attached to an aromatic ring is 2. The first-order valence-corrected chi connectivity index (χ1v) is 6.54. The Balaban J connectivity index is 2.58. The molecule has 0 fully saturated rings. The normalized spacial score (nSPS) is 12.1. The molecule has 1 atom stereocenters. The van der Waals surface area contributed by atoms with Crippen molar-refractivity contribution in [1.29, 1.82) is 5.26 Å². The summed E-state index contributed by atoms with van der Waals surface area (Å²) in [6.45, 7) is 2.10. The van der Waals surface area contributed by atoms with Gasteiger partial charge in [-0.15, -0.1) is 0 Å². The number of rotatable bonds is 3. The second-order valence-corrected chi connectivity index (χ2v) is 5.07. The molecule has 1 heterocycles. The minimum Gasteiger partial charge on any atom is -0.382 e. The minimum absolute atomic E-state index is 0.0626. The highest BCUT2D eigenvalue weighted by molar-refractivity contribution is 5.73. The fourth-order valence-corrected chi connectivity index (χ4v) is 2.06. The molecule has 1 unspecified atom stereocenters. The molecule has 0 saturated carbocycles. The molecule has 1 aromatic carbocycles. The van der Waals surface area contributed by atoms with Crippen molar-refractivity contribution in [3.63, 3.8) is 0 Å². The largest absolute Gasteiger partial charge is 0.382 e. The van der Waals surface area contributed by atoms with Crippen molar-refractivity contribution in [3.8, 4) is 17.3 Å². The van der Waals surface area contributed by atoms with Gasteiger partial charge >= 0.3 is 0 Å². The number of anilines is 2. The van der Waals surface area contributed by atoms with Crippen molar-refractivity contribution in [2.45, 2.75) is 13.0 Å². The zero-order chi connectivity index (χ0) is 15.6. The molecule has 4 N–H and O–H groups in total. The van der Waals surface area contributed by atoms with Crippen molar-refractivity contribution in [1.82, 2.24) is 14.9 Å². The maximum Gasteiger partial charge on any atom is 0.222 e. The first-order valence-electron chi connectivity index (χ1n) is 6.54. The minimum atomic E-state index is 0.0626. The number of aromatic nitrogens is 2.